The third-order valence-corrected chi connectivity index (χ3v) is 6.39. The number of hydrogen-bond donors (Lipinski definition) is 1. The Hall–Kier alpha value is -3.12. The highest BCUT2D eigenvalue weighted by Gasteiger charge is 2.30. The van der Waals surface area contributed by atoms with Gasteiger partial charge in [-0.05, 0) is 57.6 Å². The highest BCUT2D eigenvalue weighted by molar-refractivity contribution is 9.10. The van der Waals surface area contributed by atoms with Crippen LogP contribution in [0.4, 0.5) is 0 Å². The topological polar surface area (TPSA) is 58.6 Å². The number of benzene rings is 3. The van der Waals surface area contributed by atoms with Crippen molar-refractivity contribution in [2.75, 3.05) is 13.2 Å². The first-order valence-electron chi connectivity index (χ1n) is 12.1. The van der Waals surface area contributed by atoms with Crippen LogP contribution in [0.25, 0.3) is 0 Å². The third-order valence-electron chi connectivity index (χ3n) is 5.77. The van der Waals surface area contributed by atoms with Crippen molar-refractivity contribution in [3.8, 4) is 5.75 Å². The Morgan fingerprint density at radius 3 is 2.17 bits per heavy atom. The van der Waals surface area contributed by atoms with Crippen LogP contribution in [-0.4, -0.2) is 35.9 Å². The van der Waals surface area contributed by atoms with E-state index in [4.69, 9.17) is 4.74 Å². The maximum Gasteiger partial charge on any atom is 0.261 e. The van der Waals surface area contributed by atoms with Gasteiger partial charge in [-0.1, -0.05) is 80.6 Å². The summed E-state index contributed by atoms with van der Waals surface area (Å²) in [6.07, 6.45) is 2.15. The molecular weight excluding hydrogens is 504 g/mol. The molecule has 0 unspecified atom stereocenters. The molecule has 6 heteroatoms. The van der Waals surface area contributed by atoms with E-state index in [0.29, 0.717) is 25.3 Å². The Morgan fingerprint density at radius 1 is 0.914 bits per heavy atom. The lowest BCUT2D eigenvalue weighted by atomic mass is 10.0. The van der Waals surface area contributed by atoms with Gasteiger partial charge in [0, 0.05) is 19.5 Å². The van der Waals surface area contributed by atoms with Crippen molar-refractivity contribution in [2.45, 2.75) is 45.7 Å². The summed E-state index contributed by atoms with van der Waals surface area (Å²) in [5.74, 6) is 0.201. The average molecular weight is 537 g/mol. The fourth-order valence-electron chi connectivity index (χ4n) is 3.80. The molecular formula is C29H33BrN2O3. The normalized spacial score (nSPS) is 11.5. The summed E-state index contributed by atoms with van der Waals surface area (Å²) in [6, 6.07) is 24.7. The van der Waals surface area contributed by atoms with Gasteiger partial charge < -0.3 is 15.0 Å². The second-order valence-electron chi connectivity index (χ2n) is 8.41. The summed E-state index contributed by atoms with van der Waals surface area (Å²) >= 11 is 3.54. The van der Waals surface area contributed by atoms with Crippen molar-refractivity contribution < 1.29 is 14.3 Å². The van der Waals surface area contributed by atoms with Gasteiger partial charge in [-0.3, -0.25) is 9.59 Å². The van der Waals surface area contributed by atoms with Crippen LogP contribution in [0.3, 0.4) is 0 Å². The molecule has 35 heavy (non-hydrogen) atoms. The molecule has 0 saturated carbocycles. The van der Waals surface area contributed by atoms with E-state index in [2.05, 4.69) is 28.2 Å². The lowest BCUT2D eigenvalue weighted by Crippen LogP contribution is -2.51. The van der Waals surface area contributed by atoms with Crippen molar-refractivity contribution >= 4 is 27.7 Å². The van der Waals surface area contributed by atoms with Crippen molar-refractivity contribution in [3.05, 3.63) is 100 Å². The average Bonchev–Trinajstić information content (AvgIpc) is 2.89. The van der Waals surface area contributed by atoms with Crippen molar-refractivity contribution in [1.29, 1.82) is 0 Å². The van der Waals surface area contributed by atoms with E-state index in [0.717, 1.165) is 28.4 Å². The molecule has 0 fully saturated rings. The predicted octanol–water partition coefficient (Wildman–Crippen LogP) is 5.56. The number of carbonyl (C=O) groups is 2. The standard InChI is InChI=1S/C29H33BrN2O3/c1-3-17-31-29(34)26(19-23-11-7-5-8-12-23)32(20-24-13-9-6-10-14-24)28(33)21-35-27-16-15-22(4-2)18-25(27)30/h5-16,18,26H,3-4,17,19-21H2,1-2H3,(H,31,34)/t26-/m0/s1. The Labute approximate surface area is 216 Å². The number of hydrogen-bond acceptors (Lipinski definition) is 3. The smallest absolute Gasteiger partial charge is 0.261 e. The van der Waals surface area contributed by atoms with Gasteiger partial charge in [0.2, 0.25) is 5.91 Å². The summed E-state index contributed by atoms with van der Waals surface area (Å²) in [6.45, 7) is 4.81. The molecule has 0 aliphatic rings. The van der Waals surface area contributed by atoms with Crippen LogP contribution in [-0.2, 0) is 29.0 Å². The lowest BCUT2D eigenvalue weighted by molar-refractivity contribution is -0.142. The molecule has 1 N–H and O–H groups in total. The fourth-order valence-corrected chi connectivity index (χ4v) is 4.34. The predicted molar refractivity (Wildman–Crippen MR) is 143 cm³/mol. The SMILES string of the molecule is CCCNC(=O)[C@H](Cc1ccccc1)N(Cc1ccccc1)C(=O)COc1ccc(CC)cc1Br. The first-order valence-corrected chi connectivity index (χ1v) is 12.9. The summed E-state index contributed by atoms with van der Waals surface area (Å²) in [5, 5.41) is 2.99. The summed E-state index contributed by atoms with van der Waals surface area (Å²) < 4.78 is 6.71. The van der Waals surface area contributed by atoms with Gasteiger partial charge in [-0.15, -0.1) is 0 Å². The molecule has 3 aromatic carbocycles. The molecule has 2 amide bonds. The van der Waals surface area contributed by atoms with Crippen LogP contribution >= 0.6 is 15.9 Å². The lowest BCUT2D eigenvalue weighted by Gasteiger charge is -2.31. The molecule has 0 aliphatic carbocycles. The van der Waals surface area contributed by atoms with E-state index in [1.807, 2.05) is 85.8 Å². The van der Waals surface area contributed by atoms with Gasteiger partial charge >= 0.3 is 0 Å². The van der Waals surface area contributed by atoms with Crippen LogP contribution in [0.1, 0.15) is 37.0 Å². The van der Waals surface area contributed by atoms with Crippen molar-refractivity contribution in [1.82, 2.24) is 10.2 Å². The van der Waals surface area contributed by atoms with Crippen LogP contribution in [0, 0.1) is 0 Å². The molecule has 0 aliphatic heterocycles. The molecule has 184 valence electrons. The first-order chi connectivity index (χ1) is 17.0. The summed E-state index contributed by atoms with van der Waals surface area (Å²) in [5.41, 5.74) is 3.13. The zero-order valence-electron chi connectivity index (χ0n) is 20.4. The molecule has 3 rings (SSSR count). The Bertz CT molecular complexity index is 1090. The molecule has 5 nitrogen and oxygen atoms in total. The number of carbonyl (C=O) groups excluding carboxylic acids is 2. The molecule has 1 atom stereocenters. The largest absolute Gasteiger partial charge is 0.483 e. The Morgan fingerprint density at radius 2 is 1.57 bits per heavy atom. The highest BCUT2D eigenvalue weighted by Crippen LogP contribution is 2.26. The van der Waals surface area contributed by atoms with E-state index < -0.39 is 6.04 Å². The molecule has 0 radical (unpaired) electrons. The van der Waals surface area contributed by atoms with Crippen LogP contribution in [0.15, 0.2) is 83.3 Å². The van der Waals surface area contributed by atoms with E-state index in [9.17, 15) is 9.59 Å². The number of ether oxygens (including phenoxy) is 1. The minimum Gasteiger partial charge on any atom is -0.483 e. The zero-order chi connectivity index (χ0) is 25.0. The van der Waals surface area contributed by atoms with Gasteiger partial charge in [0.1, 0.15) is 11.8 Å². The number of halogens is 1. The van der Waals surface area contributed by atoms with E-state index in [-0.39, 0.29) is 18.4 Å². The van der Waals surface area contributed by atoms with Crippen LogP contribution < -0.4 is 10.1 Å². The summed E-state index contributed by atoms with van der Waals surface area (Å²) in [4.78, 5) is 28.5. The highest BCUT2D eigenvalue weighted by atomic mass is 79.9. The van der Waals surface area contributed by atoms with E-state index in [1.54, 1.807) is 4.90 Å². The quantitative estimate of drug-likeness (QED) is 0.329. The number of nitrogens with zero attached hydrogens (tertiary/aromatic N) is 1. The molecule has 0 heterocycles. The number of amides is 2. The first kappa shape index (κ1) is 26.5. The second-order valence-corrected chi connectivity index (χ2v) is 9.27. The van der Waals surface area contributed by atoms with E-state index in [1.165, 1.54) is 5.56 Å². The Balaban J connectivity index is 1.87. The van der Waals surface area contributed by atoms with Gasteiger partial charge in [-0.25, -0.2) is 0 Å². The third kappa shape index (κ3) is 7.96. The minimum absolute atomic E-state index is 0.159. The number of nitrogens with one attached hydrogen (secondary N) is 1. The molecule has 3 aromatic rings. The van der Waals surface area contributed by atoms with Gasteiger partial charge in [0.05, 0.1) is 4.47 Å². The maximum atomic E-state index is 13.6. The molecule has 0 saturated heterocycles. The van der Waals surface area contributed by atoms with Crippen LogP contribution in [0.2, 0.25) is 0 Å². The van der Waals surface area contributed by atoms with Crippen LogP contribution in [0.5, 0.6) is 5.75 Å². The molecule has 0 aromatic heterocycles. The van der Waals surface area contributed by atoms with Gasteiger partial charge in [0.15, 0.2) is 6.61 Å². The van der Waals surface area contributed by atoms with Gasteiger partial charge in [0.25, 0.3) is 5.91 Å². The monoisotopic (exact) mass is 536 g/mol. The fraction of sp³-hybridized carbons (Fsp3) is 0.310. The van der Waals surface area contributed by atoms with E-state index >= 15 is 0 Å². The van der Waals surface area contributed by atoms with Gasteiger partial charge in [-0.2, -0.15) is 0 Å². The van der Waals surface area contributed by atoms with Crippen molar-refractivity contribution in [2.24, 2.45) is 0 Å². The summed E-state index contributed by atoms with van der Waals surface area (Å²) in [7, 11) is 0. The number of aryl methyl sites for hydroxylation is 1. The zero-order valence-corrected chi connectivity index (χ0v) is 22.0. The Kier molecular flexibility index (Phi) is 10.4. The second kappa shape index (κ2) is 13.7. The maximum absolute atomic E-state index is 13.6. The van der Waals surface area contributed by atoms with Crippen molar-refractivity contribution in [3.63, 3.8) is 0 Å². The minimum atomic E-state index is -0.661. The number of rotatable bonds is 12. The molecule has 0 spiro atoms. The molecule has 0 bridgehead atoms.